The number of aromatic nitrogens is 1. The number of aryl methyl sites for hydroxylation is 3. The predicted octanol–water partition coefficient (Wildman–Crippen LogP) is 3.89. The monoisotopic (exact) mass is 389 g/mol. The smallest absolute Gasteiger partial charge is 0.260 e. The Kier molecular flexibility index (Phi) is 5.38. The van der Waals surface area contributed by atoms with Gasteiger partial charge in [-0.25, -0.2) is 4.98 Å². The molecule has 1 aliphatic rings. The third kappa shape index (κ3) is 4.04. The van der Waals surface area contributed by atoms with Gasteiger partial charge in [0, 0.05) is 31.6 Å². The fourth-order valence-electron chi connectivity index (χ4n) is 3.93. The summed E-state index contributed by atoms with van der Waals surface area (Å²) in [6.45, 7) is 9.14. The first-order valence-electron chi connectivity index (χ1n) is 10.1. The predicted molar refractivity (Wildman–Crippen MR) is 117 cm³/mol. The van der Waals surface area contributed by atoms with E-state index in [0.717, 1.165) is 41.3 Å². The van der Waals surface area contributed by atoms with E-state index in [9.17, 15) is 4.79 Å². The number of carbonyl (C=O) groups is 1. The Labute approximate surface area is 171 Å². The van der Waals surface area contributed by atoms with Crippen molar-refractivity contribution in [3.63, 3.8) is 0 Å². The fourth-order valence-corrected chi connectivity index (χ4v) is 3.93. The number of fused-ring (bicyclic) bond motifs is 1. The summed E-state index contributed by atoms with van der Waals surface area (Å²) >= 11 is 0. The minimum absolute atomic E-state index is 0.0370. The Bertz CT molecular complexity index is 1020. The molecule has 0 saturated carbocycles. The van der Waals surface area contributed by atoms with E-state index in [1.54, 1.807) is 0 Å². The molecule has 1 aromatic heterocycles. The summed E-state index contributed by atoms with van der Waals surface area (Å²) in [6, 6.07) is 16.4. The van der Waals surface area contributed by atoms with E-state index in [4.69, 9.17) is 9.72 Å². The highest BCUT2D eigenvalue weighted by Crippen LogP contribution is 2.24. The quantitative estimate of drug-likeness (QED) is 0.679. The molecule has 0 bridgehead atoms. The van der Waals surface area contributed by atoms with Crippen molar-refractivity contribution in [2.24, 2.45) is 0 Å². The lowest BCUT2D eigenvalue weighted by molar-refractivity contribution is -0.133. The van der Waals surface area contributed by atoms with Crippen molar-refractivity contribution >= 4 is 22.6 Å². The van der Waals surface area contributed by atoms with Crippen LogP contribution in [0.15, 0.2) is 48.5 Å². The lowest BCUT2D eigenvalue weighted by Gasteiger charge is -2.35. The molecule has 5 heteroatoms. The van der Waals surface area contributed by atoms with Crippen molar-refractivity contribution in [3.05, 3.63) is 65.2 Å². The number of piperazine rings is 1. The molecule has 1 aliphatic heterocycles. The Morgan fingerprint density at radius 1 is 0.931 bits per heavy atom. The molecule has 0 aliphatic carbocycles. The van der Waals surface area contributed by atoms with Gasteiger partial charge in [0.2, 0.25) is 0 Å². The van der Waals surface area contributed by atoms with E-state index in [0.29, 0.717) is 13.1 Å². The molecule has 1 fully saturated rings. The van der Waals surface area contributed by atoms with Crippen LogP contribution in [0.2, 0.25) is 0 Å². The van der Waals surface area contributed by atoms with Crippen LogP contribution in [0.4, 0.5) is 5.82 Å². The van der Waals surface area contributed by atoms with Gasteiger partial charge >= 0.3 is 0 Å². The van der Waals surface area contributed by atoms with Crippen molar-refractivity contribution in [2.45, 2.75) is 20.8 Å². The zero-order chi connectivity index (χ0) is 20.4. The fraction of sp³-hybridized carbons (Fsp3) is 0.333. The molecule has 5 nitrogen and oxygen atoms in total. The van der Waals surface area contributed by atoms with E-state index in [1.165, 1.54) is 10.9 Å². The Morgan fingerprint density at radius 3 is 2.34 bits per heavy atom. The summed E-state index contributed by atoms with van der Waals surface area (Å²) in [4.78, 5) is 21.6. The number of anilines is 1. The lowest BCUT2D eigenvalue weighted by Crippen LogP contribution is -2.50. The Hall–Kier alpha value is -3.08. The number of hydrogen-bond donors (Lipinski definition) is 0. The molecule has 0 spiro atoms. The van der Waals surface area contributed by atoms with Gasteiger partial charge in [0.15, 0.2) is 6.61 Å². The number of amides is 1. The van der Waals surface area contributed by atoms with E-state index in [1.807, 2.05) is 49.1 Å². The van der Waals surface area contributed by atoms with Crippen LogP contribution in [0.5, 0.6) is 5.75 Å². The van der Waals surface area contributed by atoms with Gasteiger partial charge in [-0.1, -0.05) is 36.4 Å². The van der Waals surface area contributed by atoms with Gasteiger partial charge in [-0.15, -0.1) is 0 Å². The van der Waals surface area contributed by atoms with Crippen LogP contribution in [0, 0.1) is 20.8 Å². The molecule has 2 heterocycles. The highest BCUT2D eigenvalue weighted by molar-refractivity contribution is 5.84. The van der Waals surface area contributed by atoms with Crippen molar-refractivity contribution in [3.8, 4) is 5.75 Å². The van der Waals surface area contributed by atoms with E-state index < -0.39 is 0 Å². The molecule has 29 heavy (non-hydrogen) atoms. The summed E-state index contributed by atoms with van der Waals surface area (Å²) in [5.74, 6) is 1.84. The molecule has 3 aromatic rings. The topological polar surface area (TPSA) is 45.7 Å². The molecule has 1 amide bonds. The molecule has 1 saturated heterocycles. The zero-order valence-electron chi connectivity index (χ0n) is 17.3. The molecule has 2 aromatic carbocycles. The number of rotatable bonds is 4. The second-order valence-corrected chi connectivity index (χ2v) is 7.69. The second-order valence-electron chi connectivity index (χ2n) is 7.69. The van der Waals surface area contributed by atoms with Gasteiger partial charge in [0.1, 0.15) is 11.6 Å². The van der Waals surface area contributed by atoms with E-state index >= 15 is 0 Å². The van der Waals surface area contributed by atoms with Gasteiger partial charge in [-0.2, -0.15) is 0 Å². The maximum atomic E-state index is 12.6. The van der Waals surface area contributed by atoms with Crippen LogP contribution in [0.1, 0.15) is 16.7 Å². The number of pyridine rings is 1. The van der Waals surface area contributed by atoms with Gasteiger partial charge in [0.25, 0.3) is 5.91 Å². The van der Waals surface area contributed by atoms with E-state index in [2.05, 4.69) is 30.0 Å². The third-order valence-corrected chi connectivity index (χ3v) is 5.61. The summed E-state index contributed by atoms with van der Waals surface area (Å²) < 4.78 is 5.84. The van der Waals surface area contributed by atoms with Crippen LogP contribution in [0.3, 0.4) is 0 Å². The average molecular weight is 389 g/mol. The van der Waals surface area contributed by atoms with Crippen molar-refractivity contribution in [2.75, 3.05) is 37.7 Å². The summed E-state index contributed by atoms with van der Waals surface area (Å²) in [5.41, 5.74) is 4.36. The Balaban J connectivity index is 1.37. The first kappa shape index (κ1) is 19.2. The molecule has 150 valence electrons. The number of ether oxygens (including phenoxy) is 1. The lowest BCUT2D eigenvalue weighted by atomic mass is 10.1. The van der Waals surface area contributed by atoms with Crippen LogP contribution in [-0.2, 0) is 4.79 Å². The van der Waals surface area contributed by atoms with Gasteiger partial charge < -0.3 is 14.5 Å². The van der Waals surface area contributed by atoms with E-state index in [-0.39, 0.29) is 12.5 Å². The molecule has 4 rings (SSSR count). The molecular formula is C24H27N3O2. The van der Waals surface area contributed by atoms with Crippen molar-refractivity contribution in [1.82, 2.24) is 9.88 Å². The first-order chi connectivity index (χ1) is 14.0. The maximum Gasteiger partial charge on any atom is 0.260 e. The highest BCUT2D eigenvalue weighted by Gasteiger charge is 2.23. The average Bonchev–Trinajstić information content (AvgIpc) is 2.73. The van der Waals surface area contributed by atoms with Gasteiger partial charge in [0.05, 0.1) is 5.52 Å². The van der Waals surface area contributed by atoms with Crippen LogP contribution in [-0.4, -0.2) is 48.6 Å². The summed E-state index contributed by atoms with van der Waals surface area (Å²) in [7, 11) is 0. The first-order valence-corrected chi connectivity index (χ1v) is 10.1. The minimum Gasteiger partial charge on any atom is -0.483 e. The number of hydrogen-bond acceptors (Lipinski definition) is 4. The number of carbonyl (C=O) groups excluding carboxylic acids is 1. The summed E-state index contributed by atoms with van der Waals surface area (Å²) in [5, 5.41) is 1.19. The Morgan fingerprint density at radius 2 is 1.62 bits per heavy atom. The summed E-state index contributed by atoms with van der Waals surface area (Å²) in [6.07, 6.45) is 0. The molecular weight excluding hydrogens is 362 g/mol. The van der Waals surface area contributed by atoms with Crippen molar-refractivity contribution in [1.29, 1.82) is 0 Å². The van der Waals surface area contributed by atoms with Crippen LogP contribution < -0.4 is 9.64 Å². The number of para-hydroxylation sites is 2. The maximum absolute atomic E-state index is 12.6. The highest BCUT2D eigenvalue weighted by atomic mass is 16.5. The molecule has 0 radical (unpaired) electrons. The number of benzene rings is 2. The van der Waals surface area contributed by atoms with Gasteiger partial charge in [-0.05, 0) is 49.6 Å². The standard InChI is InChI=1S/C24H27N3O2/c1-17-7-6-8-18(2)24(17)29-16-23(28)27-13-11-26(12-14-27)22-15-19(3)20-9-4-5-10-21(20)25-22/h4-10,15H,11-14,16H2,1-3H3. The molecule has 0 unspecified atom stereocenters. The van der Waals surface area contributed by atoms with Crippen LogP contribution in [0.25, 0.3) is 10.9 Å². The van der Waals surface area contributed by atoms with Gasteiger partial charge in [-0.3, -0.25) is 4.79 Å². The molecule has 0 atom stereocenters. The minimum atomic E-state index is 0.0370. The zero-order valence-corrected chi connectivity index (χ0v) is 17.3. The van der Waals surface area contributed by atoms with Crippen LogP contribution >= 0.6 is 0 Å². The normalized spacial score (nSPS) is 14.3. The SMILES string of the molecule is Cc1cccc(C)c1OCC(=O)N1CCN(c2cc(C)c3ccccc3n2)CC1. The molecule has 0 N–H and O–H groups in total. The second kappa shape index (κ2) is 8.11. The largest absolute Gasteiger partial charge is 0.483 e. The third-order valence-electron chi connectivity index (χ3n) is 5.61. The number of nitrogens with zero attached hydrogens (tertiary/aromatic N) is 3. The van der Waals surface area contributed by atoms with Crippen molar-refractivity contribution < 1.29 is 9.53 Å².